The quantitative estimate of drug-likeness (QED) is 0.368. The monoisotopic (exact) mass is 469 g/mol. The number of fused-ring (bicyclic) bond motifs is 3. The lowest BCUT2D eigenvalue weighted by Crippen LogP contribution is -2.15. The molecule has 0 saturated heterocycles. The van der Waals surface area contributed by atoms with Gasteiger partial charge in [-0.25, -0.2) is 9.48 Å². The fourth-order valence-corrected chi connectivity index (χ4v) is 4.34. The summed E-state index contributed by atoms with van der Waals surface area (Å²) >= 11 is 0. The zero-order valence-electron chi connectivity index (χ0n) is 19.5. The topological polar surface area (TPSA) is 91.7 Å². The van der Waals surface area contributed by atoms with Crippen molar-refractivity contribution in [1.29, 1.82) is 0 Å². The van der Waals surface area contributed by atoms with Gasteiger partial charge in [0, 0.05) is 23.2 Å². The molecule has 8 nitrogen and oxygen atoms in total. The second kappa shape index (κ2) is 8.98. The number of esters is 1. The number of para-hydroxylation sites is 1. The molecule has 1 heterocycles. The van der Waals surface area contributed by atoms with Gasteiger partial charge in [-0.15, -0.1) is 0 Å². The number of nitrogens with zero attached hydrogens (tertiary/aromatic N) is 2. The summed E-state index contributed by atoms with van der Waals surface area (Å²) in [5.41, 5.74) is 5.54. The highest BCUT2D eigenvalue weighted by molar-refractivity contribution is 6.06. The summed E-state index contributed by atoms with van der Waals surface area (Å²) in [5, 5.41) is 7.58. The van der Waals surface area contributed by atoms with Crippen LogP contribution < -0.4 is 14.8 Å². The van der Waals surface area contributed by atoms with Crippen LogP contribution >= 0.6 is 0 Å². The maximum atomic E-state index is 13.4. The number of hydrogen-bond donors (Lipinski definition) is 1. The molecule has 3 aromatic carbocycles. The average Bonchev–Trinajstić information content (AvgIpc) is 3.45. The number of hydrogen-bond acceptors (Lipinski definition) is 6. The predicted octanol–water partition coefficient (Wildman–Crippen LogP) is 4.50. The summed E-state index contributed by atoms with van der Waals surface area (Å²) in [6.45, 7) is 0. The second-order valence-corrected chi connectivity index (χ2v) is 7.99. The van der Waals surface area contributed by atoms with Crippen molar-refractivity contribution in [2.24, 2.45) is 0 Å². The number of methoxy groups -OCH3 is 3. The van der Waals surface area contributed by atoms with E-state index in [1.807, 2.05) is 42.5 Å². The molecule has 0 fully saturated rings. The van der Waals surface area contributed by atoms with Crippen LogP contribution in [0.5, 0.6) is 11.5 Å². The molecule has 1 aromatic heterocycles. The molecule has 176 valence electrons. The summed E-state index contributed by atoms with van der Waals surface area (Å²) in [5.74, 6) is 0.380. The summed E-state index contributed by atoms with van der Waals surface area (Å²) in [7, 11) is 4.50. The number of carbonyl (C=O) groups is 2. The maximum absolute atomic E-state index is 13.4. The molecule has 0 atom stereocenters. The van der Waals surface area contributed by atoms with Crippen LogP contribution in [0.1, 0.15) is 32.0 Å². The van der Waals surface area contributed by atoms with Gasteiger partial charge in [-0.3, -0.25) is 4.79 Å². The molecule has 5 rings (SSSR count). The highest BCUT2D eigenvalue weighted by Crippen LogP contribution is 2.44. The Kier molecular flexibility index (Phi) is 5.70. The third-order valence-electron chi connectivity index (χ3n) is 5.97. The lowest BCUT2D eigenvalue weighted by Gasteiger charge is -2.12. The number of aromatic nitrogens is 2. The van der Waals surface area contributed by atoms with Crippen molar-refractivity contribution in [1.82, 2.24) is 9.78 Å². The molecule has 35 heavy (non-hydrogen) atoms. The Hall–Kier alpha value is -4.59. The zero-order chi connectivity index (χ0) is 24.5. The molecule has 8 heteroatoms. The molecule has 0 bridgehead atoms. The van der Waals surface area contributed by atoms with E-state index in [4.69, 9.17) is 19.3 Å². The van der Waals surface area contributed by atoms with E-state index in [0.717, 1.165) is 28.1 Å². The van der Waals surface area contributed by atoms with Gasteiger partial charge in [-0.05, 0) is 48.0 Å². The van der Waals surface area contributed by atoms with Crippen LogP contribution in [0, 0.1) is 0 Å². The number of nitrogens with one attached hydrogen (secondary N) is 1. The average molecular weight is 469 g/mol. The number of ether oxygens (including phenoxy) is 3. The number of carbonyl (C=O) groups excluding carboxylic acids is 2. The van der Waals surface area contributed by atoms with Crippen LogP contribution in [0.15, 0.2) is 66.7 Å². The van der Waals surface area contributed by atoms with Crippen LogP contribution in [0.3, 0.4) is 0 Å². The first-order valence-corrected chi connectivity index (χ1v) is 11.0. The lowest BCUT2D eigenvalue weighted by molar-refractivity contribution is 0.0600. The van der Waals surface area contributed by atoms with E-state index < -0.39 is 5.97 Å². The van der Waals surface area contributed by atoms with Crippen molar-refractivity contribution in [3.63, 3.8) is 0 Å². The molecule has 0 saturated carbocycles. The van der Waals surface area contributed by atoms with E-state index in [2.05, 4.69) is 5.32 Å². The Bertz CT molecular complexity index is 1440. The molecule has 1 aliphatic carbocycles. The Morgan fingerprint density at radius 2 is 1.66 bits per heavy atom. The summed E-state index contributed by atoms with van der Waals surface area (Å²) in [6, 6.07) is 20.1. The third-order valence-corrected chi connectivity index (χ3v) is 5.97. The first-order valence-electron chi connectivity index (χ1n) is 11.0. The van der Waals surface area contributed by atoms with E-state index >= 15 is 0 Å². The predicted molar refractivity (Wildman–Crippen MR) is 131 cm³/mol. The SMILES string of the molecule is COC(=O)c1cccc(NC(=O)c2nn(-c3ccccc3)c3c2Cc2cc(OC)c(OC)cc2-3)c1. The van der Waals surface area contributed by atoms with Gasteiger partial charge in [0.2, 0.25) is 0 Å². The van der Waals surface area contributed by atoms with Crippen LogP contribution in [0.2, 0.25) is 0 Å². The summed E-state index contributed by atoms with van der Waals surface area (Å²) in [6.07, 6.45) is 0.517. The smallest absolute Gasteiger partial charge is 0.337 e. The van der Waals surface area contributed by atoms with Gasteiger partial charge in [0.1, 0.15) is 0 Å². The summed E-state index contributed by atoms with van der Waals surface area (Å²) in [4.78, 5) is 25.3. The molecule has 4 aromatic rings. The van der Waals surface area contributed by atoms with E-state index in [0.29, 0.717) is 34.9 Å². The van der Waals surface area contributed by atoms with E-state index in [-0.39, 0.29) is 5.91 Å². The number of anilines is 1. The van der Waals surface area contributed by atoms with Crippen LogP contribution in [0.4, 0.5) is 5.69 Å². The minimum atomic E-state index is -0.478. The van der Waals surface area contributed by atoms with Gasteiger partial charge in [0.25, 0.3) is 5.91 Å². The molecule has 1 amide bonds. The van der Waals surface area contributed by atoms with Gasteiger partial charge in [-0.1, -0.05) is 24.3 Å². The van der Waals surface area contributed by atoms with Gasteiger partial charge < -0.3 is 19.5 Å². The fraction of sp³-hybridized carbons (Fsp3) is 0.148. The number of rotatable bonds is 6. The zero-order valence-corrected chi connectivity index (χ0v) is 19.5. The number of benzene rings is 3. The highest BCUT2D eigenvalue weighted by Gasteiger charge is 2.32. The molecule has 0 unspecified atom stereocenters. The van der Waals surface area contributed by atoms with E-state index in [1.54, 1.807) is 43.2 Å². The van der Waals surface area contributed by atoms with Crippen molar-refractivity contribution in [2.75, 3.05) is 26.6 Å². The first kappa shape index (κ1) is 22.2. The van der Waals surface area contributed by atoms with Gasteiger partial charge in [0.15, 0.2) is 17.2 Å². The maximum Gasteiger partial charge on any atom is 0.337 e. The van der Waals surface area contributed by atoms with Gasteiger partial charge >= 0.3 is 5.97 Å². The molecule has 0 spiro atoms. The van der Waals surface area contributed by atoms with Crippen molar-refractivity contribution in [3.8, 4) is 28.4 Å². The Morgan fingerprint density at radius 3 is 2.37 bits per heavy atom. The lowest BCUT2D eigenvalue weighted by atomic mass is 10.1. The fourth-order valence-electron chi connectivity index (χ4n) is 4.34. The van der Waals surface area contributed by atoms with Crippen molar-refractivity contribution >= 4 is 17.6 Å². The van der Waals surface area contributed by atoms with Crippen LogP contribution in [-0.4, -0.2) is 43.0 Å². The van der Waals surface area contributed by atoms with E-state index in [9.17, 15) is 9.59 Å². The molecule has 1 N–H and O–H groups in total. The van der Waals surface area contributed by atoms with Gasteiger partial charge in [-0.2, -0.15) is 5.10 Å². The molecule has 1 aliphatic rings. The summed E-state index contributed by atoms with van der Waals surface area (Å²) < 4.78 is 17.6. The molecular formula is C27H23N3O5. The van der Waals surface area contributed by atoms with Crippen LogP contribution in [0.25, 0.3) is 16.9 Å². The second-order valence-electron chi connectivity index (χ2n) is 7.99. The minimum Gasteiger partial charge on any atom is -0.493 e. The molecular weight excluding hydrogens is 446 g/mol. The Labute approximate surface area is 202 Å². The Morgan fingerprint density at radius 1 is 0.914 bits per heavy atom. The standard InChI is InChI=1S/C27H23N3O5/c1-33-22-14-17-13-21-24(26(31)28-18-9-7-8-16(12-18)27(32)35-3)29-30(19-10-5-4-6-11-19)25(21)20(17)15-23(22)34-2/h4-12,14-15H,13H2,1-3H3,(H,28,31). The van der Waals surface area contributed by atoms with Crippen molar-refractivity contribution in [3.05, 3.63) is 89.1 Å². The normalized spacial score (nSPS) is 11.4. The molecule has 0 radical (unpaired) electrons. The van der Waals surface area contributed by atoms with Crippen molar-refractivity contribution in [2.45, 2.75) is 6.42 Å². The largest absolute Gasteiger partial charge is 0.493 e. The van der Waals surface area contributed by atoms with Gasteiger partial charge in [0.05, 0.1) is 38.3 Å². The third kappa shape index (κ3) is 3.89. The highest BCUT2D eigenvalue weighted by atomic mass is 16.5. The van der Waals surface area contributed by atoms with Crippen LogP contribution in [-0.2, 0) is 11.2 Å². The Balaban J connectivity index is 1.60. The first-order chi connectivity index (χ1) is 17.0. The molecule has 0 aliphatic heterocycles. The van der Waals surface area contributed by atoms with Crippen molar-refractivity contribution < 1.29 is 23.8 Å². The minimum absolute atomic E-state index is 0.307. The van der Waals surface area contributed by atoms with E-state index in [1.165, 1.54) is 7.11 Å². The number of amides is 1.